The Bertz CT molecular complexity index is 575. The quantitative estimate of drug-likeness (QED) is 0.904. The molecular weight excluding hydrogens is 268 g/mol. The van der Waals surface area contributed by atoms with Crippen molar-refractivity contribution in [3.8, 4) is 5.75 Å². The van der Waals surface area contributed by atoms with Gasteiger partial charge in [0, 0.05) is 6.20 Å². The zero-order chi connectivity index (χ0) is 13.7. The third-order valence-electron chi connectivity index (χ3n) is 2.31. The van der Waals surface area contributed by atoms with Crippen molar-refractivity contribution >= 4 is 23.5 Å². The number of nitrogens with one attached hydrogen (secondary N) is 1. The lowest BCUT2D eigenvalue weighted by atomic mass is 10.2. The minimum atomic E-state index is -0.714. The van der Waals surface area contributed by atoms with E-state index < -0.39 is 6.09 Å². The number of anilines is 1. The topological polar surface area (TPSA) is 71.5 Å². The van der Waals surface area contributed by atoms with Gasteiger partial charge in [0.15, 0.2) is 11.6 Å². The first-order valence-electron chi connectivity index (χ1n) is 5.48. The van der Waals surface area contributed by atoms with E-state index in [0.717, 1.165) is 5.56 Å². The Morgan fingerprint density at radius 1 is 1.32 bits per heavy atom. The number of halogens is 1. The first-order chi connectivity index (χ1) is 9.16. The second kappa shape index (κ2) is 6.06. The summed E-state index contributed by atoms with van der Waals surface area (Å²) in [4.78, 5) is 15.3. The van der Waals surface area contributed by atoms with E-state index in [0.29, 0.717) is 0 Å². The predicted octanol–water partition coefficient (Wildman–Crippen LogP) is 3.19. The van der Waals surface area contributed by atoms with Crippen molar-refractivity contribution in [1.29, 1.82) is 0 Å². The number of carbonyl (C=O) groups is 1. The maximum absolute atomic E-state index is 11.5. The van der Waals surface area contributed by atoms with Gasteiger partial charge in [0.25, 0.3) is 0 Å². The fourth-order valence-electron chi connectivity index (χ4n) is 1.38. The number of rotatable bonds is 3. The molecule has 0 aliphatic heterocycles. The molecule has 0 atom stereocenters. The van der Waals surface area contributed by atoms with Crippen LogP contribution >= 0.6 is 11.6 Å². The van der Waals surface area contributed by atoms with E-state index in [1.165, 1.54) is 12.3 Å². The number of hydrogen-bond donors (Lipinski definition) is 2. The Labute approximate surface area is 114 Å². The molecule has 0 saturated heterocycles. The van der Waals surface area contributed by atoms with Crippen LogP contribution < -0.4 is 5.32 Å². The molecule has 19 heavy (non-hydrogen) atoms. The van der Waals surface area contributed by atoms with Crippen LogP contribution in [0.4, 0.5) is 10.6 Å². The van der Waals surface area contributed by atoms with Crippen molar-refractivity contribution in [3.63, 3.8) is 0 Å². The summed E-state index contributed by atoms with van der Waals surface area (Å²) in [5.74, 6) is -0.327. The molecule has 0 aliphatic carbocycles. The number of aromatic hydroxyl groups is 1. The number of pyridine rings is 1. The number of amides is 1. The number of ether oxygens (including phenoxy) is 1. The summed E-state index contributed by atoms with van der Waals surface area (Å²) >= 11 is 5.69. The fraction of sp³-hybridized carbons (Fsp3) is 0.0769. The molecule has 2 aromatic rings. The van der Waals surface area contributed by atoms with Gasteiger partial charge in [-0.25, -0.2) is 9.78 Å². The van der Waals surface area contributed by atoms with Crippen molar-refractivity contribution in [2.24, 2.45) is 0 Å². The molecule has 0 saturated carbocycles. The Morgan fingerprint density at radius 3 is 2.79 bits per heavy atom. The second-order valence-corrected chi connectivity index (χ2v) is 4.08. The van der Waals surface area contributed by atoms with E-state index >= 15 is 0 Å². The largest absolute Gasteiger partial charge is 0.503 e. The molecule has 0 aliphatic rings. The molecule has 1 amide bonds. The van der Waals surface area contributed by atoms with Crippen LogP contribution in [0.3, 0.4) is 0 Å². The Morgan fingerprint density at radius 2 is 2.05 bits per heavy atom. The van der Waals surface area contributed by atoms with Gasteiger partial charge < -0.3 is 9.84 Å². The number of hydrogen-bond acceptors (Lipinski definition) is 4. The highest BCUT2D eigenvalue weighted by molar-refractivity contribution is 6.32. The summed E-state index contributed by atoms with van der Waals surface area (Å²) < 4.78 is 4.98. The van der Waals surface area contributed by atoms with Crippen molar-refractivity contribution < 1.29 is 14.6 Å². The highest BCUT2D eigenvalue weighted by atomic mass is 35.5. The lowest BCUT2D eigenvalue weighted by molar-refractivity contribution is 0.155. The Balaban J connectivity index is 1.93. The summed E-state index contributed by atoms with van der Waals surface area (Å²) in [6.07, 6.45) is 0.656. The highest BCUT2D eigenvalue weighted by Gasteiger charge is 2.11. The standard InChI is InChI=1S/C13H11ClN2O3/c14-10-6-7-15-12(11(10)17)16-13(18)19-8-9-4-2-1-3-5-9/h1-7,17H,8H2,(H,15,16,18). The summed E-state index contributed by atoms with van der Waals surface area (Å²) in [5, 5.41) is 12.0. The molecule has 0 fully saturated rings. The monoisotopic (exact) mass is 278 g/mol. The molecule has 0 bridgehead atoms. The van der Waals surface area contributed by atoms with Crippen LogP contribution in [0.1, 0.15) is 5.56 Å². The second-order valence-electron chi connectivity index (χ2n) is 3.68. The average molecular weight is 279 g/mol. The van der Waals surface area contributed by atoms with E-state index in [-0.39, 0.29) is 23.2 Å². The summed E-state index contributed by atoms with van der Waals surface area (Å²) in [5.41, 5.74) is 0.862. The normalized spacial score (nSPS) is 9.95. The van der Waals surface area contributed by atoms with E-state index in [1.54, 1.807) is 0 Å². The van der Waals surface area contributed by atoms with Gasteiger partial charge in [-0.15, -0.1) is 0 Å². The van der Waals surface area contributed by atoms with Gasteiger partial charge in [-0.1, -0.05) is 41.9 Å². The first-order valence-corrected chi connectivity index (χ1v) is 5.86. The van der Waals surface area contributed by atoms with Crippen LogP contribution in [0, 0.1) is 0 Å². The van der Waals surface area contributed by atoms with Gasteiger partial charge in [0.1, 0.15) is 6.61 Å². The minimum absolute atomic E-state index is 0.0365. The molecule has 0 spiro atoms. The van der Waals surface area contributed by atoms with Crippen molar-refractivity contribution in [1.82, 2.24) is 4.98 Å². The van der Waals surface area contributed by atoms with Gasteiger partial charge in [0.05, 0.1) is 5.02 Å². The molecule has 0 radical (unpaired) electrons. The van der Waals surface area contributed by atoms with E-state index in [9.17, 15) is 9.90 Å². The molecule has 0 unspecified atom stereocenters. The van der Waals surface area contributed by atoms with Gasteiger partial charge in [0.2, 0.25) is 0 Å². The number of nitrogens with zero attached hydrogens (tertiary/aromatic N) is 1. The lowest BCUT2D eigenvalue weighted by Crippen LogP contribution is -2.14. The Hall–Kier alpha value is -2.27. The zero-order valence-electron chi connectivity index (χ0n) is 9.84. The summed E-state index contributed by atoms with van der Waals surface area (Å²) in [6, 6.07) is 10.7. The smallest absolute Gasteiger partial charge is 0.413 e. The molecule has 5 nitrogen and oxygen atoms in total. The molecular formula is C13H11ClN2O3. The van der Waals surface area contributed by atoms with Crippen LogP contribution in [0.15, 0.2) is 42.6 Å². The lowest BCUT2D eigenvalue weighted by Gasteiger charge is -2.08. The van der Waals surface area contributed by atoms with Crippen molar-refractivity contribution in [2.45, 2.75) is 6.61 Å². The molecule has 1 aromatic carbocycles. The van der Waals surface area contributed by atoms with Crippen LogP contribution in [-0.4, -0.2) is 16.2 Å². The maximum Gasteiger partial charge on any atom is 0.413 e. The number of benzene rings is 1. The fourth-order valence-corrected chi connectivity index (χ4v) is 1.52. The van der Waals surface area contributed by atoms with Crippen molar-refractivity contribution in [2.75, 3.05) is 5.32 Å². The molecule has 98 valence electrons. The van der Waals surface area contributed by atoms with Gasteiger partial charge in [-0.3, -0.25) is 5.32 Å². The molecule has 2 rings (SSSR count). The van der Waals surface area contributed by atoms with Crippen LogP contribution in [-0.2, 0) is 11.3 Å². The summed E-state index contributed by atoms with van der Waals surface area (Å²) in [7, 11) is 0. The van der Waals surface area contributed by atoms with Gasteiger partial charge in [-0.2, -0.15) is 0 Å². The van der Waals surface area contributed by atoms with Gasteiger partial charge >= 0.3 is 6.09 Å². The molecule has 1 aromatic heterocycles. The van der Waals surface area contributed by atoms with Crippen LogP contribution in [0.5, 0.6) is 5.75 Å². The molecule has 2 N–H and O–H groups in total. The number of carbonyl (C=O) groups excluding carboxylic acids is 1. The Kier molecular flexibility index (Phi) is 4.20. The number of aromatic nitrogens is 1. The van der Waals surface area contributed by atoms with Gasteiger partial charge in [-0.05, 0) is 11.6 Å². The van der Waals surface area contributed by atoms with Crippen LogP contribution in [0.25, 0.3) is 0 Å². The highest BCUT2D eigenvalue weighted by Crippen LogP contribution is 2.28. The first kappa shape index (κ1) is 13.2. The van der Waals surface area contributed by atoms with E-state index in [2.05, 4.69) is 10.3 Å². The maximum atomic E-state index is 11.5. The third-order valence-corrected chi connectivity index (χ3v) is 2.61. The molecule has 6 heteroatoms. The zero-order valence-corrected chi connectivity index (χ0v) is 10.6. The van der Waals surface area contributed by atoms with Crippen LogP contribution in [0.2, 0.25) is 5.02 Å². The van der Waals surface area contributed by atoms with Crippen molar-refractivity contribution in [3.05, 3.63) is 53.2 Å². The SMILES string of the molecule is O=C(Nc1nccc(Cl)c1O)OCc1ccccc1. The predicted molar refractivity (Wildman–Crippen MR) is 71.2 cm³/mol. The summed E-state index contributed by atoms with van der Waals surface area (Å²) in [6.45, 7) is 0.133. The average Bonchev–Trinajstić information content (AvgIpc) is 2.43. The van der Waals surface area contributed by atoms with E-state index in [4.69, 9.17) is 16.3 Å². The minimum Gasteiger partial charge on any atom is -0.503 e. The third kappa shape index (κ3) is 3.59. The molecule has 1 heterocycles. The van der Waals surface area contributed by atoms with E-state index in [1.807, 2.05) is 30.3 Å².